The van der Waals surface area contributed by atoms with Crippen molar-refractivity contribution in [1.82, 2.24) is 0 Å². The van der Waals surface area contributed by atoms with E-state index in [-0.39, 0.29) is 18.1 Å². The zero-order valence-corrected chi connectivity index (χ0v) is 6.16. The van der Waals surface area contributed by atoms with Crippen molar-refractivity contribution in [3.8, 4) is 0 Å². The molecule has 0 aliphatic carbocycles. The summed E-state index contributed by atoms with van der Waals surface area (Å²) in [6.45, 7) is 2.74. The zero-order valence-electron chi connectivity index (χ0n) is 6.16. The van der Waals surface area contributed by atoms with Crippen LogP contribution in [-0.2, 0) is 4.74 Å². The highest BCUT2D eigenvalue weighted by atomic mass is 16.5. The summed E-state index contributed by atoms with van der Waals surface area (Å²) in [5.41, 5.74) is 0. The van der Waals surface area contributed by atoms with Gasteiger partial charge in [-0.15, -0.1) is 0 Å². The molecular weight excluding hydrogens is 132 g/mol. The van der Waals surface area contributed by atoms with Gasteiger partial charge in [-0.3, -0.25) is 0 Å². The molecule has 1 heterocycles. The van der Waals surface area contributed by atoms with Crippen LogP contribution in [0.2, 0.25) is 0 Å². The van der Waals surface area contributed by atoms with Crippen LogP contribution < -0.4 is 0 Å². The molecule has 0 radical (unpaired) electrons. The summed E-state index contributed by atoms with van der Waals surface area (Å²) in [4.78, 5) is 0. The lowest BCUT2D eigenvalue weighted by Crippen LogP contribution is -2.21. The lowest BCUT2D eigenvalue weighted by Gasteiger charge is -2.13. The van der Waals surface area contributed by atoms with Crippen molar-refractivity contribution >= 4 is 0 Å². The van der Waals surface area contributed by atoms with Gasteiger partial charge in [0.2, 0.25) is 0 Å². The molecule has 1 aliphatic heterocycles. The van der Waals surface area contributed by atoms with Crippen molar-refractivity contribution in [2.24, 2.45) is 5.92 Å². The van der Waals surface area contributed by atoms with Crippen LogP contribution in [0.4, 0.5) is 0 Å². The maximum absolute atomic E-state index is 9.20. The summed E-state index contributed by atoms with van der Waals surface area (Å²) >= 11 is 0. The number of ether oxygens (including phenoxy) is 1. The minimum atomic E-state index is -0.366. The number of aliphatic hydroxyl groups is 2. The second kappa shape index (κ2) is 3.32. The Balaban J connectivity index is 2.26. The van der Waals surface area contributed by atoms with Crippen molar-refractivity contribution in [3.05, 3.63) is 0 Å². The molecule has 3 heteroatoms. The highest BCUT2D eigenvalue weighted by Crippen LogP contribution is 2.18. The van der Waals surface area contributed by atoms with E-state index in [0.717, 1.165) is 0 Å². The quantitative estimate of drug-likeness (QED) is 0.565. The van der Waals surface area contributed by atoms with Crippen LogP contribution in [0.3, 0.4) is 0 Å². The van der Waals surface area contributed by atoms with E-state index in [4.69, 9.17) is 9.84 Å². The van der Waals surface area contributed by atoms with Crippen LogP contribution in [0, 0.1) is 5.92 Å². The van der Waals surface area contributed by atoms with Crippen LogP contribution >= 0.6 is 0 Å². The van der Waals surface area contributed by atoms with Gasteiger partial charge in [-0.05, 0) is 13.3 Å². The SMILES string of the molecule is CC(O)CC1COCC1O. The van der Waals surface area contributed by atoms with E-state index in [2.05, 4.69) is 0 Å². The van der Waals surface area contributed by atoms with E-state index < -0.39 is 0 Å². The Kier molecular flexibility index (Phi) is 2.65. The van der Waals surface area contributed by atoms with E-state index in [1.54, 1.807) is 6.92 Å². The van der Waals surface area contributed by atoms with Crippen LogP contribution in [0.5, 0.6) is 0 Å². The lowest BCUT2D eigenvalue weighted by atomic mass is 9.99. The summed E-state index contributed by atoms with van der Waals surface area (Å²) in [7, 11) is 0. The van der Waals surface area contributed by atoms with Crippen molar-refractivity contribution in [2.45, 2.75) is 25.6 Å². The predicted molar refractivity (Wildman–Crippen MR) is 36.6 cm³/mol. The molecule has 2 N–H and O–H groups in total. The Hall–Kier alpha value is -0.120. The Labute approximate surface area is 60.6 Å². The Morgan fingerprint density at radius 3 is 2.70 bits per heavy atom. The molecule has 0 aromatic heterocycles. The highest BCUT2D eigenvalue weighted by molar-refractivity contribution is 4.75. The fourth-order valence-electron chi connectivity index (χ4n) is 1.25. The molecule has 1 fully saturated rings. The lowest BCUT2D eigenvalue weighted by molar-refractivity contribution is 0.0950. The number of rotatable bonds is 2. The topological polar surface area (TPSA) is 49.7 Å². The van der Waals surface area contributed by atoms with E-state index in [1.807, 2.05) is 0 Å². The van der Waals surface area contributed by atoms with Gasteiger partial charge >= 0.3 is 0 Å². The van der Waals surface area contributed by atoms with Gasteiger partial charge in [0.05, 0.1) is 25.4 Å². The van der Waals surface area contributed by atoms with Crippen molar-refractivity contribution in [2.75, 3.05) is 13.2 Å². The molecule has 3 nitrogen and oxygen atoms in total. The monoisotopic (exact) mass is 146 g/mol. The smallest absolute Gasteiger partial charge is 0.0824 e. The summed E-state index contributed by atoms with van der Waals surface area (Å²) in [6, 6.07) is 0. The first kappa shape index (κ1) is 7.98. The number of aliphatic hydroxyl groups excluding tert-OH is 2. The van der Waals surface area contributed by atoms with Crippen molar-refractivity contribution < 1.29 is 14.9 Å². The number of hydrogen-bond acceptors (Lipinski definition) is 3. The van der Waals surface area contributed by atoms with Gasteiger partial charge in [0.25, 0.3) is 0 Å². The molecule has 1 aliphatic rings. The van der Waals surface area contributed by atoms with E-state index in [9.17, 15) is 5.11 Å². The van der Waals surface area contributed by atoms with Gasteiger partial charge in [-0.25, -0.2) is 0 Å². The minimum absolute atomic E-state index is 0.139. The summed E-state index contributed by atoms with van der Waals surface area (Å²) in [5, 5.41) is 18.2. The summed E-state index contributed by atoms with van der Waals surface area (Å²) < 4.78 is 5.01. The maximum atomic E-state index is 9.20. The van der Waals surface area contributed by atoms with Gasteiger partial charge in [0, 0.05) is 5.92 Å². The average molecular weight is 146 g/mol. The maximum Gasteiger partial charge on any atom is 0.0824 e. The first-order valence-corrected chi connectivity index (χ1v) is 3.64. The van der Waals surface area contributed by atoms with Crippen LogP contribution in [0.25, 0.3) is 0 Å². The molecule has 60 valence electrons. The molecule has 1 saturated heterocycles. The van der Waals surface area contributed by atoms with Gasteiger partial charge < -0.3 is 14.9 Å². The molecule has 1 rings (SSSR count). The fourth-order valence-corrected chi connectivity index (χ4v) is 1.25. The minimum Gasteiger partial charge on any atom is -0.393 e. The van der Waals surface area contributed by atoms with E-state index in [0.29, 0.717) is 19.6 Å². The van der Waals surface area contributed by atoms with Crippen LogP contribution in [-0.4, -0.2) is 35.6 Å². The normalized spacial score (nSPS) is 36.3. The number of hydrogen-bond donors (Lipinski definition) is 2. The Morgan fingerprint density at radius 1 is 1.60 bits per heavy atom. The average Bonchev–Trinajstić information content (AvgIpc) is 2.15. The molecule has 0 spiro atoms. The largest absolute Gasteiger partial charge is 0.393 e. The van der Waals surface area contributed by atoms with Gasteiger partial charge in [0.1, 0.15) is 0 Å². The molecule has 0 aromatic rings. The second-order valence-electron chi connectivity index (χ2n) is 2.95. The molecule has 3 atom stereocenters. The molecule has 0 saturated carbocycles. The Bertz CT molecular complexity index is 103. The molecular formula is C7H14O3. The standard InChI is InChI=1S/C7H14O3/c1-5(8)2-6-3-10-4-7(6)9/h5-9H,2-4H2,1H3. The van der Waals surface area contributed by atoms with Crippen molar-refractivity contribution in [1.29, 1.82) is 0 Å². The first-order chi connectivity index (χ1) is 4.70. The molecule has 10 heavy (non-hydrogen) atoms. The van der Waals surface area contributed by atoms with Gasteiger partial charge in [-0.2, -0.15) is 0 Å². The second-order valence-corrected chi connectivity index (χ2v) is 2.95. The third kappa shape index (κ3) is 1.94. The van der Waals surface area contributed by atoms with Crippen molar-refractivity contribution in [3.63, 3.8) is 0 Å². The van der Waals surface area contributed by atoms with E-state index in [1.165, 1.54) is 0 Å². The Morgan fingerprint density at radius 2 is 2.30 bits per heavy atom. The third-order valence-electron chi connectivity index (χ3n) is 1.81. The van der Waals surface area contributed by atoms with Crippen LogP contribution in [0.1, 0.15) is 13.3 Å². The summed E-state index contributed by atoms with van der Waals surface area (Å²) in [5.74, 6) is 0.139. The molecule has 3 unspecified atom stereocenters. The highest BCUT2D eigenvalue weighted by Gasteiger charge is 2.26. The van der Waals surface area contributed by atoms with Gasteiger partial charge in [0.15, 0.2) is 0 Å². The molecule has 0 aromatic carbocycles. The predicted octanol–water partition coefficient (Wildman–Crippen LogP) is -0.235. The van der Waals surface area contributed by atoms with Crippen LogP contribution in [0.15, 0.2) is 0 Å². The molecule has 0 bridgehead atoms. The first-order valence-electron chi connectivity index (χ1n) is 3.64. The third-order valence-corrected chi connectivity index (χ3v) is 1.81. The summed E-state index contributed by atoms with van der Waals surface area (Å²) in [6.07, 6.45) is -0.0581. The van der Waals surface area contributed by atoms with Gasteiger partial charge in [-0.1, -0.05) is 0 Å². The fraction of sp³-hybridized carbons (Fsp3) is 1.00. The zero-order chi connectivity index (χ0) is 7.56. The molecule has 0 amide bonds. The van der Waals surface area contributed by atoms with E-state index >= 15 is 0 Å².